The normalized spacial score (nSPS) is 21.7. The first kappa shape index (κ1) is 28.8. The van der Waals surface area contributed by atoms with Gasteiger partial charge in [0.15, 0.2) is 0 Å². The number of aromatic nitrogens is 1. The predicted octanol–water partition coefficient (Wildman–Crippen LogP) is 4.60. The van der Waals surface area contributed by atoms with Gasteiger partial charge in [-0.05, 0) is 82.5 Å². The van der Waals surface area contributed by atoms with E-state index in [-0.39, 0.29) is 23.9 Å². The van der Waals surface area contributed by atoms with Crippen LogP contribution in [0, 0.1) is 6.92 Å². The van der Waals surface area contributed by atoms with E-state index in [0.29, 0.717) is 42.9 Å². The Morgan fingerprint density at radius 1 is 1.17 bits per heavy atom. The van der Waals surface area contributed by atoms with Gasteiger partial charge in [0.25, 0.3) is 11.8 Å². The van der Waals surface area contributed by atoms with Gasteiger partial charge in [-0.25, -0.2) is 4.98 Å². The van der Waals surface area contributed by atoms with Crippen LogP contribution in [-0.2, 0) is 12.8 Å². The molecule has 1 aromatic heterocycles. The van der Waals surface area contributed by atoms with Crippen molar-refractivity contribution in [2.75, 3.05) is 19.7 Å². The van der Waals surface area contributed by atoms with Crippen LogP contribution >= 0.6 is 11.3 Å². The summed E-state index contributed by atoms with van der Waals surface area (Å²) in [4.78, 5) is 34.7. The molecule has 0 saturated carbocycles. The van der Waals surface area contributed by atoms with Crippen LogP contribution in [0.2, 0.25) is 0 Å². The Bertz CT molecular complexity index is 1400. The summed E-state index contributed by atoms with van der Waals surface area (Å²) in [6, 6.07) is 12.9. The number of aryl methyl sites for hydroxylation is 1. The highest BCUT2D eigenvalue weighted by Crippen LogP contribution is 2.36. The van der Waals surface area contributed by atoms with Crippen molar-refractivity contribution in [3.8, 4) is 5.75 Å². The van der Waals surface area contributed by atoms with Crippen molar-refractivity contribution in [1.29, 1.82) is 0 Å². The quantitative estimate of drug-likeness (QED) is 0.356. The molecule has 2 saturated heterocycles. The number of hydrogen-bond donors (Lipinski definition) is 3. The number of thiazole rings is 1. The topological polar surface area (TPSA) is 104 Å². The van der Waals surface area contributed by atoms with Crippen LogP contribution in [0.1, 0.15) is 87.1 Å². The molecular weight excluding hydrogens is 548 g/mol. The largest absolute Gasteiger partial charge is 0.493 e. The van der Waals surface area contributed by atoms with E-state index < -0.39 is 12.1 Å². The van der Waals surface area contributed by atoms with Crippen LogP contribution in [0.4, 0.5) is 0 Å². The SMILES string of the molecule is Cc1csc([C@H]2CCCN2C(=O)c2cc3c(c(C(=O)N[C@@H](Cc4ccccc4)[C@H](O)[C@H]4CCCN4)c2)CCCCO3)n1. The maximum absolute atomic E-state index is 14.1. The van der Waals surface area contributed by atoms with Gasteiger partial charge in [0.05, 0.1) is 24.8 Å². The van der Waals surface area contributed by atoms with Gasteiger partial charge in [-0.15, -0.1) is 11.3 Å². The molecule has 0 aliphatic carbocycles. The number of hydrogen-bond acceptors (Lipinski definition) is 7. The molecule has 9 heteroatoms. The number of benzene rings is 2. The first-order valence-corrected chi connectivity index (χ1v) is 16.1. The minimum absolute atomic E-state index is 0.0579. The zero-order chi connectivity index (χ0) is 29.1. The fraction of sp³-hybridized carbons (Fsp3) is 0.485. The Morgan fingerprint density at radius 3 is 2.79 bits per heavy atom. The van der Waals surface area contributed by atoms with E-state index in [1.807, 2.05) is 53.6 Å². The highest BCUT2D eigenvalue weighted by molar-refractivity contribution is 7.09. The zero-order valence-electron chi connectivity index (χ0n) is 24.2. The number of amides is 2. The number of rotatable bonds is 8. The summed E-state index contributed by atoms with van der Waals surface area (Å²) in [7, 11) is 0. The average molecular weight is 589 g/mol. The summed E-state index contributed by atoms with van der Waals surface area (Å²) >= 11 is 1.59. The van der Waals surface area contributed by atoms with Crippen LogP contribution in [0.3, 0.4) is 0 Å². The summed E-state index contributed by atoms with van der Waals surface area (Å²) in [5.74, 6) is 0.228. The molecule has 0 spiro atoms. The van der Waals surface area contributed by atoms with Crippen LogP contribution in [0.25, 0.3) is 0 Å². The lowest BCUT2D eigenvalue weighted by atomic mass is 9.93. The maximum atomic E-state index is 14.1. The molecule has 4 atom stereocenters. The van der Waals surface area contributed by atoms with Crippen LogP contribution in [0.5, 0.6) is 5.75 Å². The molecule has 2 amide bonds. The molecule has 0 unspecified atom stereocenters. The molecule has 4 heterocycles. The Hall–Kier alpha value is -3.27. The van der Waals surface area contributed by atoms with Crippen molar-refractivity contribution in [2.45, 2.75) is 82.5 Å². The third-order valence-electron chi connectivity index (χ3n) is 8.75. The van der Waals surface area contributed by atoms with Crippen LogP contribution in [-0.4, -0.2) is 64.7 Å². The first-order valence-electron chi connectivity index (χ1n) is 15.3. The molecule has 3 aliphatic heterocycles. The van der Waals surface area contributed by atoms with Crippen molar-refractivity contribution in [1.82, 2.24) is 20.5 Å². The molecule has 6 rings (SSSR count). The summed E-state index contributed by atoms with van der Waals surface area (Å²) in [6.45, 7) is 4.04. The van der Waals surface area contributed by atoms with E-state index in [2.05, 4.69) is 15.6 Å². The number of carbonyl (C=O) groups is 2. The Kier molecular flexibility index (Phi) is 8.88. The highest BCUT2D eigenvalue weighted by atomic mass is 32.1. The zero-order valence-corrected chi connectivity index (χ0v) is 25.0. The number of likely N-dealkylation sites (tertiary alicyclic amines) is 1. The van der Waals surface area contributed by atoms with Gasteiger partial charge in [0.2, 0.25) is 0 Å². The van der Waals surface area contributed by atoms with Gasteiger partial charge in [0.1, 0.15) is 10.8 Å². The Balaban J connectivity index is 1.31. The maximum Gasteiger partial charge on any atom is 0.254 e. The molecular formula is C33H40N4O4S. The van der Waals surface area contributed by atoms with Gasteiger partial charge in [-0.2, -0.15) is 0 Å². The fourth-order valence-corrected chi connectivity index (χ4v) is 7.50. The molecule has 0 bridgehead atoms. The summed E-state index contributed by atoms with van der Waals surface area (Å²) in [6.07, 6.45) is 5.91. The van der Waals surface area contributed by atoms with E-state index in [4.69, 9.17) is 4.74 Å². The second-order valence-electron chi connectivity index (χ2n) is 11.8. The molecule has 0 radical (unpaired) electrons. The van der Waals surface area contributed by atoms with Gasteiger partial charge in [-0.1, -0.05) is 30.3 Å². The lowest BCUT2D eigenvalue weighted by Gasteiger charge is -2.29. The van der Waals surface area contributed by atoms with Crippen molar-refractivity contribution in [3.63, 3.8) is 0 Å². The van der Waals surface area contributed by atoms with E-state index in [1.54, 1.807) is 17.4 Å². The molecule has 3 aliphatic rings. The monoisotopic (exact) mass is 588 g/mol. The van der Waals surface area contributed by atoms with E-state index in [0.717, 1.165) is 66.9 Å². The molecule has 3 aromatic rings. The van der Waals surface area contributed by atoms with E-state index >= 15 is 0 Å². The smallest absolute Gasteiger partial charge is 0.254 e. The number of aliphatic hydroxyl groups excluding tert-OH is 1. The second-order valence-corrected chi connectivity index (χ2v) is 12.6. The average Bonchev–Trinajstić information content (AvgIpc) is 3.76. The Morgan fingerprint density at radius 2 is 2.02 bits per heavy atom. The minimum atomic E-state index is -0.747. The summed E-state index contributed by atoms with van der Waals surface area (Å²) in [5, 5.41) is 21.0. The second kappa shape index (κ2) is 12.9. The third-order valence-corrected chi connectivity index (χ3v) is 9.82. The van der Waals surface area contributed by atoms with Gasteiger partial charge >= 0.3 is 0 Å². The number of fused-ring (bicyclic) bond motifs is 1. The predicted molar refractivity (Wildman–Crippen MR) is 163 cm³/mol. The van der Waals surface area contributed by atoms with Crippen LogP contribution in [0.15, 0.2) is 47.8 Å². The van der Waals surface area contributed by atoms with E-state index in [9.17, 15) is 14.7 Å². The van der Waals surface area contributed by atoms with Gasteiger partial charge in [-0.3, -0.25) is 9.59 Å². The number of carbonyl (C=O) groups excluding carboxylic acids is 2. The van der Waals surface area contributed by atoms with Crippen molar-refractivity contribution < 1.29 is 19.4 Å². The minimum Gasteiger partial charge on any atom is -0.493 e. The van der Waals surface area contributed by atoms with Crippen molar-refractivity contribution >= 4 is 23.2 Å². The molecule has 222 valence electrons. The fourth-order valence-electron chi connectivity index (χ4n) is 6.56. The number of nitrogens with one attached hydrogen (secondary N) is 2. The highest BCUT2D eigenvalue weighted by Gasteiger charge is 2.35. The van der Waals surface area contributed by atoms with Gasteiger partial charge < -0.3 is 25.4 Å². The summed E-state index contributed by atoms with van der Waals surface area (Å²) < 4.78 is 6.12. The lowest BCUT2D eigenvalue weighted by molar-refractivity contribution is 0.0732. The van der Waals surface area contributed by atoms with Gasteiger partial charge in [0, 0.05) is 40.4 Å². The van der Waals surface area contributed by atoms with Crippen molar-refractivity contribution in [3.05, 3.63) is 80.8 Å². The Labute approximate surface area is 251 Å². The van der Waals surface area contributed by atoms with E-state index in [1.165, 1.54) is 0 Å². The van der Waals surface area contributed by atoms with Crippen molar-refractivity contribution in [2.24, 2.45) is 0 Å². The molecule has 42 heavy (non-hydrogen) atoms. The lowest BCUT2D eigenvalue weighted by Crippen LogP contribution is -2.52. The number of aliphatic hydroxyl groups is 1. The molecule has 2 aromatic carbocycles. The number of nitrogens with zero attached hydrogens (tertiary/aromatic N) is 2. The molecule has 2 fully saturated rings. The molecule has 8 nitrogen and oxygen atoms in total. The summed E-state index contributed by atoms with van der Waals surface area (Å²) in [5.41, 5.74) is 3.76. The third kappa shape index (κ3) is 6.23. The standard InChI is InChI=1S/C33H40N4O4S/c1-21-20-42-32(35-21)28-13-8-15-37(28)33(40)23-18-25(24-11-5-6-16-41-29(24)19-23)31(39)36-27(17-22-9-3-2-4-10-22)30(38)26-12-7-14-34-26/h2-4,9-10,18-20,26-28,30,34,38H,5-8,11-17H2,1H3,(H,36,39)/t26-,27+,28-,30-/m1/s1. The molecule has 3 N–H and O–H groups in total. The number of ether oxygens (including phenoxy) is 1. The first-order chi connectivity index (χ1) is 20.5. The van der Waals surface area contributed by atoms with Crippen LogP contribution < -0.4 is 15.4 Å².